The van der Waals surface area contributed by atoms with E-state index in [0.717, 1.165) is 13.0 Å². The molecule has 0 amide bonds. The topological polar surface area (TPSA) is 68.3 Å². The Morgan fingerprint density at radius 2 is 2.05 bits per heavy atom. The molecule has 0 fully saturated rings. The largest absolute Gasteiger partial charge is 0.433 e. The van der Waals surface area contributed by atoms with Gasteiger partial charge < -0.3 is 9.73 Å². The Balaban J connectivity index is 2.25. The van der Waals surface area contributed by atoms with Crippen LogP contribution >= 0.6 is 0 Å². The Bertz CT molecular complexity index is 634. The summed E-state index contributed by atoms with van der Waals surface area (Å²) in [5.41, 5.74) is 3.64. The minimum Gasteiger partial charge on any atom is -0.404 e. The molecule has 0 aliphatic carbocycles. The molecule has 1 heterocycles. The highest BCUT2D eigenvalue weighted by Gasteiger charge is 2.20. The van der Waals surface area contributed by atoms with Crippen LogP contribution in [0.5, 0.6) is 0 Å². The molecule has 0 spiro atoms. The fraction of sp³-hybridized carbons (Fsp3) is 0.375. The first-order chi connectivity index (χ1) is 10.0. The van der Waals surface area contributed by atoms with E-state index >= 15 is 0 Å². The number of likely N-dealkylation sites (N-methyl/N-ethyl adjacent to an activating group) is 1. The molecule has 0 radical (unpaired) electrons. The molecule has 1 atom stereocenters. The Labute approximate surface area is 124 Å². The number of aryl methyl sites for hydroxylation is 2. The Hall–Kier alpha value is -2.14. The lowest BCUT2D eigenvalue weighted by molar-refractivity contribution is -0.402. The van der Waals surface area contributed by atoms with Gasteiger partial charge in [-0.25, -0.2) is 0 Å². The summed E-state index contributed by atoms with van der Waals surface area (Å²) in [5, 5.41) is 14.1. The molecule has 112 valence electrons. The van der Waals surface area contributed by atoms with E-state index in [0.29, 0.717) is 5.76 Å². The van der Waals surface area contributed by atoms with E-state index in [4.69, 9.17) is 4.42 Å². The second-order valence-electron chi connectivity index (χ2n) is 5.18. The molecule has 0 aliphatic heterocycles. The third-order valence-electron chi connectivity index (χ3n) is 3.52. The van der Waals surface area contributed by atoms with E-state index in [-0.39, 0.29) is 11.9 Å². The van der Waals surface area contributed by atoms with Crippen LogP contribution < -0.4 is 5.32 Å². The van der Waals surface area contributed by atoms with E-state index in [1.54, 1.807) is 6.07 Å². The zero-order valence-corrected chi connectivity index (χ0v) is 12.6. The molecule has 2 aromatic rings. The number of rotatable bonds is 6. The van der Waals surface area contributed by atoms with Gasteiger partial charge in [-0.3, -0.25) is 10.1 Å². The highest BCUT2D eigenvalue weighted by molar-refractivity contribution is 5.32. The van der Waals surface area contributed by atoms with Gasteiger partial charge in [-0.1, -0.05) is 30.7 Å². The molecule has 1 aromatic heterocycles. The Morgan fingerprint density at radius 1 is 1.29 bits per heavy atom. The van der Waals surface area contributed by atoms with E-state index in [2.05, 4.69) is 37.4 Å². The summed E-state index contributed by atoms with van der Waals surface area (Å²) in [6.07, 6.45) is 0.742. The molecule has 0 aliphatic rings. The zero-order valence-electron chi connectivity index (χ0n) is 12.6. The summed E-state index contributed by atoms with van der Waals surface area (Å²) in [5.74, 6) is 0.387. The van der Waals surface area contributed by atoms with Gasteiger partial charge in [-0.05, 0) is 44.0 Å². The first kappa shape index (κ1) is 15.3. The number of hydrogen-bond acceptors (Lipinski definition) is 4. The molecule has 21 heavy (non-hydrogen) atoms. The smallest absolute Gasteiger partial charge is 0.404 e. The predicted octanol–water partition coefficient (Wildman–Crippen LogP) is 3.70. The van der Waals surface area contributed by atoms with Crippen molar-refractivity contribution in [3.63, 3.8) is 0 Å². The van der Waals surface area contributed by atoms with Gasteiger partial charge in [0.1, 0.15) is 10.7 Å². The maximum atomic E-state index is 10.7. The van der Waals surface area contributed by atoms with Gasteiger partial charge in [0.05, 0.1) is 12.1 Å². The summed E-state index contributed by atoms with van der Waals surface area (Å²) in [6, 6.07) is 9.34. The number of hydrogen-bond donors (Lipinski definition) is 1. The first-order valence-electron chi connectivity index (χ1n) is 7.05. The Kier molecular flexibility index (Phi) is 4.75. The van der Waals surface area contributed by atoms with Crippen molar-refractivity contribution in [2.45, 2.75) is 33.2 Å². The summed E-state index contributed by atoms with van der Waals surface area (Å²) in [6.45, 7) is 6.91. The molecular formula is C16H20N2O3. The van der Waals surface area contributed by atoms with Gasteiger partial charge in [0.15, 0.2) is 0 Å². The maximum Gasteiger partial charge on any atom is 0.433 e. The van der Waals surface area contributed by atoms with Gasteiger partial charge in [0, 0.05) is 0 Å². The molecule has 5 heteroatoms. The lowest BCUT2D eigenvalue weighted by Gasteiger charge is -2.17. The molecule has 1 unspecified atom stereocenters. The summed E-state index contributed by atoms with van der Waals surface area (Å²) >= 11 is 0. The second-order valence-corrected chi connectivity index (χ2v) is 5.18. The van der Waals surface area contributed by atoms with E-state index in [9.17, 15) is 10.1 Å². The highest BCUT2D eigenvalue weighted by Crippen LogP contribution is 2.26. The van der Waals surface area contributed by atoms with E-state index in [1.165, 1.54) is 22.8 Å². The van der Waals surface area contributed by atoms with Crippen LogP contribution in [-0.2, 0) is 6.42 Å². The third kappa shape index (κ3) is 3.70. The monoisotopic (exact) mass is 288 g/mol. The minimum atomic E-state index is -0.510. The van der Waals surface area contributed by atoms with Gasteiger partial charge in [-0.2, -0.15) is 0 Å². The number of benzene rings is 1. The van der Waals surface area contributed by atoms with Crippen LogP contribution in [0.1, 0.15) is 35.4 Å². The zero-order chi connectivity index (χ0) is 15.4. The van der Waals surface area contributed by atoms with Crippen molar-refractivity contribution in [3.05, 3.63) is 62.9 Å². The summed E-state index contributed by atoms with van der Waals surface area (Å²) < 4.78 is 5.34. The standard InChI is InChI=1S/C16H20N2O3/c1-4-17-14(15-7-8-16(21-15)18(19)20)10-13-9-11(2)5-6-12(13)3/h5-9,14,17H,4,10H2,1-3H3. The van der Waals surface area contributed by atoms with Crippen molar-refractivity contribution in [3.8, 4) is 0 Å². The van der Waals surface area contributed by atoms with Crippen molar-refractivity contribution in [2.24, 2.45) is 0 Å². The highest BCUT2D eigenvalue weighted by atomic mass is 16.6. The average molecular weight is 288 g/mol. The molecule has 0 saturated heterocycles. The van der Waals surface area contributed by atoms with Gasteiger partial charge >= 0.3 is 5.88 Å². The second kappa shape index (κ2) is 6.54. The maximum absolute atomic E-state index is 10.7. The van der Waals surface area contributed by atoms with Crippen LogP contribution in [0.3, 0.4) is 0 Å². The molecule has 0 saturated carbocycles. The summed E-state index contributed by atoms with van der Waals surface area (Å²) in [7, 11) is 0. The molecule has 2 rings (SSSR count). The van der Waals surface area contributed by atoms with Crippen molar-refractivity contribution >= 4 is 5.88 Å². The van der Waals surface area contributed by atoms with Crippen molar-refractivity contribution in [1.82, 2.24) is 5.32 Å². The van der Waals surface area contributed by atoms with Crippen LogP contribution in [0.25, 0.3) is 0 Å². The number of nitrogens with one attached hydrogen (secondary N) is 1. The predicted molar refractivity (Wildman–Crippen MR) is 81.4 cm³/mol. The normalized spacial score (nSPS) is 12.3. The molecule has 5 nitrogen and oxygen atoms in total. The van der Waals surface area contributed by atoms with Gasteiger partial charge in [-0.15, -0.1) is 0 Å². The summed E-state index contributed by atoms with van der Waals surface area (Å²) in [4.78, 5) is 10.2. The van der Waals surface area contributed by atoms with E-state index < -0.39 is 4.92 Å². The van der Waals surface area contributed by atoms with Gasteiger partial charge in [0.25, 0.3) is 0 Å². The van der Waals surface area contributed by atoms with Crippen LogP contribution in [-0.4, -0.2) is 11.5 Å². The Morgan fingerprint density at radius 3 is 2.67 bits per heavy atom. The van der Waals surface area contributed by atoms with Crippen LogP contribution in [0, 0.1) is 24.0 Å². The molecule has 1 aromatic carbocycles. The average Bonchev–Trinajstić information content (AvgIpc) is 2.92. The third-order valence-corrected chi connectivity index (χ3v) is 3.52. The molecular weight excluding hydrogens is 268 g/mol. The quantitative estimate of drug-likeness (QED) is 0.650. The van der Waals surface area contributed by atoms with Gasteiger partial charge in [0.2, 0.25) is 0 Å². The van der Waals surface area contributed by atoms with Crippen molar-refractivity contribution in [2.75, 3.05) is 6.54 Å². The fourth-order valence-corrected chi connectivity index (χ4v) is 2.39. The number of furan rings is 1. The lowest BCUT2D eigenvalue weighted by Crippen LogP contribution is -2.22. The van der Waals surface area contributed by atoms with Crippen LogP contribution in [0.2, 0.25) is 0 Å². The molecule has 1 N–H and O–H groups in total. The van der Waals surface area contributed by atoms with Crippen LogP contribution in [0.4, 0.5) is 5.88 Å². The van der Waals surface area contributed by atoms with Crippen LogP contribution in [0.15, 0.2) is 34.7 Å². The molecule has 0 bridgehead atoms. The van der Waals surface area contributed by atoms with E-state index in [1.807, 2.05) is 6.92 Å². The lowest BCUT2D eigenvalue weighted by atomic mass is 9.98. The number of nitro groups is 1. The minimum absolute atomic E-state index is 0.0656. The number of nitrogens with zero attached hydrogens (tertiary/aromatic N) is 1. The SMILES string of the molecule is CCNC(Cc1cc(C)ccc1C)c1ccc([N+](=O)[O-])o1. The fourth-order valence-electron chi connectivity index (χ4n) is 2.39. The van der Waals surface area contributed by atoms with Crippen molar-refractivity contribution in [1.29, 1.82) is 0 Å². The first-order valence-corrected chi connectivity index (χ1v) is 7.05. The van der Waals surface area contributed by atoms with Crippen molar-refractivity contribution < 1.29 is 9.34 Å².